The van der Waals surface area contributed by atoms with Gasteiger partial charge in [-0.2, -0.15) is 0 Å². The maximum atomic E-state index is 10.6. The molecular formula is C19H29NO. The summed E-state index contributed by atoms with van der Waals surface area (Å²) in [5, 5.41) is 0. The Bertz CT molecular complexity index is 407. The van der Waals surface area contributed by atoms with Crippen LogP contribution < -0.4 is 0 Å². The third kappa shape index (κ3) is 4.96. The summed E-state index contributed by atoms with van der Waals surface area (Å²) >= 11 is 0. The number of carbonyl (C=O) groups is 1. The van der Waals surface area contributed by atoms with Crippen molar-refractivity contribution in [1.29, 1.82) is 0 Å². The van der Waals surface area contributed by atoms with Gasteiger partial charge in [-0.1, -0.05) is 30.3 Å². The van der Waals surface area contributed by atoms with Crippen molar-refractivity contribution in [3.63, 3.8) is 0 Å². The molecule has 1 aromatic rings. The van der Waals surface area contributed by atoms with E-state index in [-0.39, 0.29) is 0 Å². The fourth-order valence-corrected chi connectivity index (χ4v) is 3.82. The molecule has 0 heterocycles. The van der Waals surface area contributed by atoms with Crippen LogP contribution in [0, 0.1) is 11.8 Å². The summed E-state index contributed by atoms with van der Waals surface area (Å²) in [4.78, 5) is 13.1. The van der Waals surface area contributed by atoms with Gasteiger partial charge in [0.1, 0.15) is 6.29 Å². The zero-order chi connectivity index (χ0) is 15.1. The van der Waals surface area contributed by atoms with E-state index in [1.165, 1.54) is 37.7 Å². The standard InChI is InChI=1S/C19H29NO/c1-20(2)19(13-10-16-6-4-3-5-7-16)18-11-8-17(9-12-18)14-15-21/h3-7,15,17-19H,8-14H2,1-2H3. The maximum absolute atomic E-state index is 10.6. The third-order valence-electron chi connectivity index (χ3n) is 5.10. The second-order valence-electron chi connectivity index (χ2n) is 6.74. The number of nitrogens with zero attached hydrogens (tertiary/aromatic N) is 1. The Hall–Kier alpha value is -1.15. The van der Waals surface area contributed by atoms with Gasteiger partial charge in [0.15, 0.2) is 0 Å². The molecule has 0 aromatic heterocycles. The van der Waals surface area contributed by atoms with Gasteiger partial charge in [0.25, 0.3) is 0 Å². The molecule has 2 heteroatoms. The molecule has 0 spiro atoms. The maximum Gasteiger partial charge on any atom is 0.120 e. The molecule has 1 saturated carbocycles. The molecule has 1 atom stereocenters. The fourth-order valence-electron chi connectivity index (χ4n) is 3.82. The van der Waals surface area contributed by atoms with Crippen molar-refractivity contribution >= 4 is 6.29 Å². The van der Waals surface area contributed by atoms with Crippen LogP contribution >= 0.6 is 0 Å². The second kappa shape index (κ2) is 8.33. The molecule has 1 fully saturated rings. The van der Waals surface area contributed by atoms with E-state index in [9.17, 15) is 4.79 Å². The Kier molecular flexibility index (Phi) is 6.44. The summed E-state index contributed by atoms with van der Waals surface area (Å²) in [7, 11) is 4.43. The lowest BCUT2D eigenvalue weighted by molar-refractivity contribution is -0.108. The lowest BCUT2D eigenvalue weighted by Crippen LogP contribution is -2.37. The van der Waals surface area contributed by atoms with E-state index in [1.807, 2.05) is 0 Å². The molecule has 21 heavy (non-hydrogen) atoms. The highest BCUT2D eigenvalue weighted by molar-refractivity contribution is 5.49. The average Bonchev–Trinajstić information content (AvgIpc) is 2.50. The summed E-state index contributed by atoms with van der Waals surface area (Å²) in [5.41, 5.74) is 1.44. The van der Waals surface area contributed by atoms with Gasteiger partial charge in [-0.15, -0.1) is 0 Å². The summed E-state index contributed by atoms with van der Waals surface area (Å²) in [5.74, 6) is 1.45. The van der Waals surface area contributed by atoms with Crippen molar-refractivity contribution in [1.82, 2.24) is 4.90 Å². The van der Waals surface area contributed by atoms with E-state index in [2.05, 4.69) is 49.3 Å². The zero-order valence-electron chi connectivity index (χ0n) is 13.5. The van der Waals surface area contributed by atoms with Crippen LogP contribution in [0.4, 0.5) is 0 Å². The first kappa shape index (κ1) is 16.2. The normalized spacial score (nSPS) is 24.0. The fraction of sp³-hybridized carbons (Fsp3) is 0.632. The SMILES string of the molecule is CN(C)C(CCc1ccccc1)C1CCC(CC=O)CC1. The Labute approximate surface area is 129 Å². The van der Waals surface area contributed by atoms with Crippen LogP contribution in [0.2, 0.25) is 0 Å². The molecule has 1 unspecified atom stereocenters. The van der Waals surface area contributed by atoms with Crippen molar-refractivity contribution in [2.75, 3.05) is 14.1 Å². The molecular weight excluding hydrogens is 258 g/mol. The summed E-state index contributed by atoms with van der Waals surface area (Å²) in [6.07, 6.45) is 9.32. The largest absolute Gasteiger partial charge is 0.306 e. The molecule has 0 amide bonds. The Morgan fingerprint density at radius 3 is 2.38 bits per heavy atom. The van der Waals surface area contributed by atoms with Crippen molar-refractivity contribution in [3.05, 3.63) is 35.9 Å². The topological polar surface area (TPSA) is 20.3 Å². The van der Waals surface area contributed by atoms with Crippen molar-refractivity contribution < 1.29 is 4.79 Å². The molecule has 116 valence electrons. The van der Waals surface area contributed by atoms with Gasteiger partial charge in [-0.05, 0) is 70.0 Å². The number of rotatable bonds is 7. The molecule has 0 bridgehead atoms. The molecule has 1 aliphatic carbocycles. The monoisotopic (exact) mass is 287 g/mol. The molecule has 2 rings (SSSR count). The van der Waals surface area contributed by atoms with Crippen molar-refractivity contribution in [2.45, 2.75) is 51.0 Å². The minimum absolute atomic E-state index is 0.649. The zero-order valence-corrected chi connectivity index (χ0v) is 13.5. The van der Waals surface area contributed by atoms with Gasteiger partial charge >= 0.3 is 0 Å². The molecule has 0 saturated heterocycles. The highest BCUT2D eigenvalue weighted by atomic mass is 16.1. The number of hydrogen-bond donors (Lipinski definition) is 0. The first-order chi connectivity index (χ1) is 10.2. The van der Waals surface area contributed by atoms with E-state index in [0.29, 0.717) is 12.0 Å². The number of benzene rings is 1. The summed E-state index contributed by atoms with van der Waals surface area (Å²) in [6.45, 7) is 0. The highest BCUT2D eigenvalue weighted by Gasteiger charge is 2.28. The third-order valence-corrected chi connectivity index (χ3v) is 5.10. The molecule has 0 N–H and O–H groups in total. The molecule has 2 nitrogen and oxygen atoms in total. The van der Waals surface area contributed by atoms with Crippen LogP contribution in [0.5, 0.6) is 0 Å². The molecule has 0 radical (unpaired) electrons. The van der Waals surface area contributed by atoms with Gasteiger partial charge in [-0.25, -0.2) is 0 Å². The quantitative estimate of drug-likeness (QED) is 0.708. The predicted molar refractivity (Wildman–Crippen MR) is 88.4 cm³/mol. The first-order valence-electron chi connectivity index (χ1n) is 8.34. The van der Waals surface area contributed by atoms with Crippen LogP contribution in [0.3, 0.4) is 0 Å². The van der Waals surface area contributed by atoms with Gasteiger partial charge in [0, 0.05) is 12.5 Å². The lowest BCUT2D eigenvalue weighted by atomic mass is 9.76. The first-order valence-corrected chi connectivity index (χ1v) is 8.34. The number of aryl methyl sites for hydroxylation is 1. The number of aldehydes is 1. The summed E-state index contributed by atoms with van der Waals surface area (Å²) < 4.78 is 0. The smallest absolute Gasteiger partial charge is 0.120 e. The Morgan fingerprint density at radius 2 is 1.81 bits per heavy atom. The second-order valence-corrected chi connectivity index (χ2v) is 6.74. The highest BCUT2D eigenvalue weighted by Crippen LogP contribution is 2.34. The van der Waals surface area contributed by atoms with Gasteiger partial charge < -0.3 is 9.69 Å². The van der Waals surface area contributed by atoms with Crippen LogP contribution in [0.25, 0.3) is 0 Å². The Balaban J connectivity index is 1.86. The van der Waals surface area contributed by atoms with Gasteiger partial charge in [-0.3, -0.25) is 0 Å². The minimum Gasteiger partial charge on any atom is -0.306 e. The van der Waals surface area contributed by atoms with Crippen molar-refractivity contribution in [2.24, 2.45) is 11.8 Å². The van der Waals surface area contributed by atoms with Crippen LogP contribution in [0.15, 0.2) is 30.3 Å². The van der Waals surface area contributed by atoms with Crippen LogP contribution in [0.1, 0.15) is 44.1 Å². The molecule has 1 aromatic carbocycles. The van der Waals surface area contributed by atoms with E-state index < -0.39 is 0 Å². The average molecular weight is 287 g/mol. The number of carbonyl (C=O) groups excluding carboxylic acids is 1. The molecule has 1 aliphatic rings. The predicted octanol–water partition coefficient (Wildman–Crippen LogP) is 3.94. The van der Waals surface area contributed by atoms with E-state index >= 15 is 0 Å². The van der Waals surface area contributed by atoms with Crippen LogP contribution in [-0.4, -0.2) is 31.3 Å². The van der Waals surface area contributed by atoms with Crippen LogP contribution in [-0.2, 0) is 11.2 Å². The lowest BCUT2D eigenvalue weighted by Gasteiger charge is -2.37. The molecule has 0 aliphatic heterocycles. The van der Waals surface area contributed by atoms with E-state index in [4.69, 9.17) is 0 Å². The van der Waals surface area contributed by atoms with Gasteiger partial charge in [0.2, 0.25) is 0 Å². The van der Waals surface area contributed by atoms with E-state index in [1.54, 1.807) is 0 Å². The van der Waals surface area contributed by atoms with Gasteiger partial charge in [0.05, 0.1) is 0 Å². The van der Waals surface area contributed by atoms with E-state index in [0.717, 1.165) is 25.0 Å². The number of hydrogen-bond acceptors (Lipinski definition) is 2. The van der Waals surface area contributed by atoms with Crippen molar-refractivity contribution in [3.8, 4) is 0 Å². The summed E-state index contributed by atoms with van der Waals surface area (Å²) in [6, 6.07) is 11.5. The minimum atomic E-state index is 0.649. The Morgan fingerprint density at radius 1 is 1.14 bits per heavy atom.